The number of unbranched alkanes of at least 4 members (excludes halogenated alkanes) is 2. The lowest BCUT2D eigenvalue weighted by Crippen LogP contribution is -2.30. The van der Waals surface area contributed by atoms with Gasteiger partial charge in [0.1, 0.15) is 40.1 Å². The van der Waals surface area contributed by atoms with Crippen LogP contribution in [0, 0.1) is 30.6 Å². The molecule has 0 radical (unpaired) electrons. The third kappa shape index (κ3) is 26.7. The fourth-order valence-electron chi connectivity index (χ4n) is 7.47. The molecule has 4 aromatic carbocycles. The lowest BCUT2D eigenvalue weighted by molar-refractivity contribution is -0.145. The predicted molar refractivity (Wildman–Crippen MR) is 312 cm³/mol. The molecular formula is C65H82O19. The van der Waals surface area contributed by atoms with Gasteiger partial charge in [0.25, 0.3) is 6.47 Å². The fourth-order valence-corrected chi connectivity index (χ4v) is 7.47. The largest absolute Gasteiger partial charge is 0.494 e. The Morgan fingerprint density at radius 2 is 0.929 bits per heavy atom. The minimum Gasteiger partial charge on any atom is -0.494 e. The van der Waals surface area contributed by atoms with E-state index in [1.807, 2.05) is 34.6 Å². The summed E-state index contributed by atoms with van der Waals surface area (Å²) in [7, 11) is 0. The maximum absolute atomic E-state index is 13.5. The molecule has 19 nitrogen and oxygen atoms in total. The second kappa shape index (κ2) is 40.0. The normalized spacial score (nSPS) is 13.8. The van der Waals surface area contributed by atoms with E-state index in [0.29, 0.717) is 112 Å². The third-order valence-electron chi connectivity index (χ3n) is 12.9. The molecular weight excluding hydrogens is 1080 g/mol. The van der Waals surface area contributed by atoms with E-state index < -0.39 is 53.6 Å². The molecule has 456 valence electrons. The van der Waals surface area contributed by atoms with Crippen LogP contribution in [0.5, 0.6) is 34.5 Å². The topological polar surface area (TPSA) is 238 Å². The minimum absolute atomic E-state index is 0.0251. The summed E-state index contributed by atoms with van der Waals surface area (Å²) in [5, 5.41) is 0. The van der Waals surface area contributed by atoms with Crippen LogP contribution in [-0.4, -0.2) is 101 Å². The second-order valence-electron chi connectivity index (χ2n) is 19.5. The molecule has 4 aromatic rings. The van der Waals surface area contributed by atoms with E-state index in [-0.39, 0.29) is 54.1 Å². The highest BCUT2D eigenvalue weighted by atomic mass is 16.6. The molecule has 19 heteroatoms. The van der Waals surface area contributed by atoms with Gasteiger partial charge in [-0.15, -0.1) is 0 Å². The van der Waals surface area contributed by atoms with Gasteiger partial charge in [0.05, 0.1) is 62.6 Å². The van der Waals surface area contributed by atoms with Crippen molar-refractivity contribution in [2.45, 2.75) is 113 Å². The van der Waals surface area contributed by atoms with E-state index in [1.54, 1.807) is 55.5 Å². The molecule has 2 atom stereocenters. The number of rotatable bonds is 32. The number of hydrogen-bond acceptors (Lipinski definition) is 19. The quantitative estimate of drug-likeness (QED) is 0.0110. The Morgan fingerprint density at radius 1 is 0.512 bits per heavy atom. The maximum Gasteiger partial charge on any atom is 0.343 e. The second-order valence-corrected chi connectivity index (χ2v) is 19.5. The van der Waals surface area contributed by atoms with Crippen LogP contribution in [0.3, 0.4) is 0 Å². The molecule has 1 fully saturated rings. The van der Waals surface area contributed by atoms with Crippen LogP contribution in [0.1, 0.15) is 142 Å². The van der Waals surface area contributed by atoms with Crippen LogP contribution < -0.4 is 28.4 Å². The first kappa shape index (κ1) is 69.9. The molecule has 84 heavy (non-hydrogen) atoms. The van der Waals surface area contributed by atoms with Gasteiger partial charge in [-0.3, -0.25) is 14.4 Å². The van der Waals surface area contributed by atoms with E-state index >= 15 is 0 Å². The average molecular weight is 1170 g/mol. The number of hydrogen-bond donors (Lipinski definition) is 0. The van der Waals surface area contributed by atoms with Crippen LogP contribution >= 0.6 is 0 Å². The summed E-state index contributed by atoms with van der Waals surface area (Å²) in [4.78, 5) is 98.1. The summed E-state index contributed by atoms with van der Waals surface area (Å²) in [6.07, 6.45) is 7.95. The van der Waals surface area contributed by atoms with Gasteiger partial charge in [-0.2, -0.15) is 0 Å². The van der Waals surface area contributed by atoms with E-state index in [4.69, 9.17) is 47.4 Å². The summed E-state index contributed by atoms with van der Waals surface area (Å²) in [5.74, 6) is -2.90. The number of carbonyl (C=O) groups is 8. The molecule has 1 aliphatic rings. The third-order valence-corrected chi connectivity index (χ3v) is 12.9. The van der Waals surface area contributed by atoms with Crippen molar-refractivity contribution < 1.29 is 90.5 Å². The Bertz CT molecular complexity index is 2700. The van der Waals surface area contributed by atoms with Crippen LogP contribution in [0.2, 0.25) is 0 Å². The maximum atomic E-state index is 13.5. The van der Waals surface area contributed by atoms with Gasteiger partial charge in [0, 0.05) is 25.4 Å². The molecule has 0 spiro atoms. The number of carbonyl (C=O) groups excluding carboxylic acids is 8. The van der Waals surface area contributed by atoms with Crippen LogP contribution in [0.15, 0.2) is 110 Å². The van der Waals surface area contributed by atoms with Gasteiger partial charge in [0.2, 0.25) is 0 Å². The Balaban J connectivity index is 0.00000127. The van der Waals surface area contributed by atoms with Crippen molar-refractivity contribution in [3.63, 3.8) is 0 Å². The number of esters is 7. The highest BCUT2D eigenvalue weighted by molar-refractivity contribution is 5.95. The molecule has 0 bridgehead atoms. The summed E-state index contributed by atoms with van der Waals surface area (Å²) in [6.45, 7) is 24.6. The van der Waals surface area contributed by atoms with E-state index in [0.717, 1.165) is 38.2 Å². The van der Waals surface area contributed by atoms with Crippen LogP contribution in [0.4, 0.5) is 0 Å². The first-order valence-electron chi connectivity index (χ1n) is 28.5. The monoisotopic (exact) mass is 1170 g/mol. The van der Waals surface area contributed by atoms with E-state index in [9.17, 15) is 38.4 Å². The molecule has 1 saturated carbocycles. The predicted octanol–water partition coefficient (Wildman–Crippen LogP) is 12.0. The molecule has 5 rings (SSSR count). The minimum atomic E-state index is -0.758. The van der Waals surface area contributed by atoms with Gasteiger partial charge in [0.15, 0.2) is 0 Å². The summed E-state index contributed by atoms with van der Waals surface area (Å²) in [6, 6.07) is 21.6. The Kier molecular flexibility index (Phi) is 33.3. The first-order valence-corrected chi connectivity index (χ1v) is 28.5. The van der Waals surface area contributed by atoms with Gasteiger partial charge >= 0.3 is 41.8 Å². The summed E-state index contributed by atoms with van der Waals surface area (Å²) in [5.41, 5.74) is 0.997. The van der Waals surface area contributed by atoms with E-state index in [1.165, 1.54) is 36.4 Å². The van der Waals surface area contributed by atoms with Gasteiger partial charge < -0.3 is 52.1 Å². The van der Waals surface area contributed by atoms with Crippen molar-refractivity contribution in [1.29, 1.82) is 0 Å². The molecule has 1 aliphatic carbocycles. The number of ether oxygens (including phenoxy) is 11. The average Bonchev–Trinajstić information content (AvgIpc) is 3.69. The van der Waals surface area contributed by atoms with Gasteiger partial charge in [-0.1, -0.05) is 53.7 Å². The lowest BCUT2D eigenvalue weighted by atomic mass is 9.82. The molecule has 0 amide bonds. The molecule has 0 saturated heterocycles. The Hall–Kier alpha value is -8.32. The zero-order chi connectivity index (χ0) is 61.7. The zero-order valence-electron chi connectivity index (χ0n) is 49.5. The number of aryl methyl sites for hydroxylation is 1. The van der Waals surface area contributed by atoms with Crippen molar-refractivity contribution >= 4 is 48.3 Å². The standard InChI is InChI=1S/C55H60O16.C6H12O2.C4H10O/c1-6-36(4)35-67-55(62)46-34-45(69-52(59)41-19-23-43(24-20-41)64-30-10-12-32-66-50(57)8-3)26-28-48(46)71-54(61)39-15-13-38(14-16-39)53(60)70-47-27-25-44(33-37(47)5)68-51(58)40-17-21-42(22-18-40)63-29-9-11-31-65-49(56)7-2;1-3-6(2)4-8-5-7;1-3-5-4-2/h7-8,17-28,33-34,36,38-39H,2-3,6,9-16,29-32,35H2,1,4-5H3;5-6H,3-4H2,1-2H3;3-4H2,1-2H3. The first-order chi connectivity index (χ1) is 40.5. The zero-order valence-corrected chi connectivity index (χ0v) is 49.5. The molecule has 0 aromatic heterocycles. The fraction of sp³-hybridized carbons (Fsp3) is 0.446. The molecule has 2 unspecified atom stereocenters. The van der Waals surface area contributed by atoms with Crippen molar-refractivity contribution in [2.75, 3.05) is 52.9 Å². The highest BCUT2D eigenvalue weighted by Crippen LogP contribution is 2.34. The van der Waals surface area contributed by atoms with Gasteiger partial charge in [-0.05, 0) is 174 Å². The van der Waals surface area contributed by atoms with Crippen molar-refractivity contribution in [3.05, 3.63) is 132 Å². The van der Waals surface area contributed by atoms with Crippen molar-refractivity contribution in [2.24, 2.45) is 23.7 Å². The number of benzene rings is 4. The van der Waals surface area contributed by atoms with Gasteiger partial charge in [-0.25, -0.2) is 24.0 Å². The Labute approximate surface area is 493 Å². The molecule has 0 heterocycles. The lowest BCUT2D eigenvalue weighted by Gasteiger charge is -2.26. The summed E-state index contributed by atoms with van der Waals surface area (Å²) >= 11 is 0. The summed E-state index contributed by atoms with van der Waals surface area (Å²) < 4.78 is 58.9. The molecule has 0 N–H and O–H groups in total. The molecule has 0 aliphatic heterocycles. The van der Waals surface area contributed by atoms with Crippen LogP contribution in [-0.2, 0) is 47.7 Å². The van der Waals surface area contributed by atoms with E-state index in [2.05, 4.69) is 24.8 Å². The SMILES string of the molecule is C=CC(=O)OCCCCOc1ccc(C(=O)Oc2ccc(OC(=O)C3CCC(C(=O)Oc4ccc(OC(=O)c5ccc(OCCCCOC(=O)C=C)cc5)cc4C(=O)OCC(C)CC)CC3)c(C)c2)cc1.CCC(C)COC=O.CCOCC. The van der Waals surface area contributed by atoms with Crippen molar-refractivity contribution in [1.82, 2.24) is 0 Å². The smallest absolute Gasteiger partial charge is 0.343 e. The van der Waals surface area contributed by atoms with Crippen LogP contribution in [0.25, 0.3) is 0 Å². The highest BCUT2D eigenvalue weighted by Gasteiger charge is 2.33. The van der Waals surface area contributed by atoms with Crippen molar-refractivity contribution in [3.8, 4) is 34.5 Å². The Morgan fingerprint density at radius 3 is 1.35 bits per heavy atom.